The molecule has 11 amide bonds. The normalized spacial score (nSPS) is 15.4. The molecule has 2 saturated carbocycles. The number of hydrogen-bond acceptors (Lipinski definition) is 34. The van der Waals surface area contributed by atoms with Crippen molar-refractivity contribution in [2.45, 2.75) is 169 Å². The average Bonchev–Trinajstić information content (AvgIpc) is 1.59. The molecular formula is C102H122FN23O22. The van der Waals surface area contributed by atoms with Gasteiger partial charge in [0.15, 0.2) is 0 Å². The van der Waals surface area contributed by atoms with E-state index < -0.39 is 72.4 Å². The van der Waals surface area contributed by atoms with E-state index in [2.05, 4.69) is 111 Å². The molecule has 12 aromatic rings. The summed E-state index contributed by atoms with van der Waals surface area (Å²) in [6, 6.07) is 19.6. The van der Waals surface area contributed by atoms with Crippen LogP contribution in [0.3, 0.4) is 0 Å². The number of ether oxygens (including phenoxy) is 8. The Morgan fingerprint density at radius 2 is 1.01 bits per heavy atom. The van der Waals surface area contributed by atoms with Crippen LogP contribution in [0.2, 0.25) is 0 Å². The number of nitrogens with zero attached hydrogens (tertiary/aromatic N) is 12. The van der Waals surface area contributed by atoms with Crippen molar-refractivity contribution in [3.63, 3.8) is 0 Å². The van der Waals surface area contributed by atoms with Crippen molar-refractivity contribution in [3.05, 3.63) is 152 Å². The Hall–Kier alpha value is -15.2. The third kappa shape index (κ3) is 25.3. The molecule has 12 N–H and O–H groups in total. The summed E-state index contributed by atoms with van der Waals surface area (Å²) in [6.07, 6.45) is 7.88. The average molecular weight is 2040 g/mol. The van der Waals surface area contributed by atoms with Gasteiger partial charge in [0.25, 0.3) is 29.5 Å². The van der Waals surface area contributed by atoms with E-state index in [0.29, 0.717) is 196 Å². The van der Waals surface area contributed by atoms with Crippen LogP contribution in [0.4, 0.5) is 27.4 Å². The summed E-state index contributed by atoms with van der Waals surface area (Å²) >= 11 is 0. The zero-order chi connectivity index (χ0) is 105. The van der Waals surface area contributed by atoms with Gasteiger partial charge in [0, 0.05) is 152 Å². The highest BCUT2D eigenvalue weighted by atomic mass is 19.1. The molecule has 148 heavy (non-hydrogen) atoms. The Balaban J connectivity index is 0.000000181. The van der Waals surface area contributed by atoms with E-state index >= 15 is 0 Å². The van der Waals surface area contributed by atoms with E-state index in [-0.39, 0.29) is 84.7 Å². The van der Waals surface area contributed by atoms with Gasteiger partial charge in [-0.2, -0.15) is 20.2 Å². The first-order valence-electron chi connectivity index (χ1n) is 50.1. The number of amides is 11. The molecule has 0 radical (unpaired) electrons. The van der Waals surface area contributed by atoms with Crippen LogP contribution in [0.5, 0.6) is 11.8 Å². The van der Waals surface area contributed by atoms with Gasteiger partial charge in [-0.25, -0.2) is 14.6 Å². The molecular weight excluding hydrogens is 1920 g/mol. The van der Waals surface area contributed by atoms with E-state index in [1.807, 2.05) is 56.1 Å². The van der Waals surface area contributed by atoms with Gasteiger partial charge in [0.05, 0.1) is 143 Å². The second-order valence-electron chi connectivity index (χ2n) is 35.9. The van der Waals surface area contributed by atoms with Crippen LogP contribution >= 0.6 is 0 Å². The number of alkyl halides is 1. The number of hydrogen-bond donors (Lipinski definition) is 11. The molecule has 12 heterocycles. The number of halogens is 1. The number of carbonyl (C=O) groups is 12. The van der Waals surface area contributed by atoms with Crippen molar-refractivity contribution < 1.29 is 110 Å². The number of methoxy groups -OCH3 is 1. The molecule has 784 valence electrons. The minimum Gasteiger partial charge on any atom is -0.496 e. The summed E-state index contributed by atoms with van der Waals surface area (Å²) in [4.78, 5) is 177. The first-order valence-corrected chi connectivity index (χ1v) is 49.4. The fourth-order valence-electron chi connectivity index (χ4n) is 18.1. The highest BCUT2D eigenvalue weighted by Crippen LogP contribution is 2.46. The van der Waals surface area contributed by atoms with Crippen LogP contribution in [0.25, 0.3) is 66.1 Å². The van der Waals surface area contributed by atoms with Crippen molar-refractivity contribution in [1.82, 2.24) is 96.2 Å². The molecule has 4 fully saturated rings. The predicted molar refractivity (Wildman–Crippen MR) is 538 cm³/mol. The predicted octanol–water partition coefficient (Wildman–Crippen LogP) is 9.32. The summed E-state index contributed by atoms with van der Waals surface area (Å²) in [7, 11) is 0.643. The number of imide groups is 4. The molecule has 46 heteroatoms. The number of aromatic nitrogens is 12. The zero-order valence-corrected chi connectivity index (χ0v) is 83.7. The van der Waals surface area contributed by atoms with Crippen LogP contribution < -0.4 is 57.7 Å². The third-order valence-corrected chi connectivity index (χ3v) is 25.6. The van der Waals surface area contributed by atoms with E-state index in [0.717, 1.165) is 142 Å². The van der Waals surface area contributed by atoms with Gasteiger partial charge >= 0.3 is 12.5 Å². The fraction of sp³-hybridized carbons (Fsp3) is 0.451. The SMILES string of the molecule is CCn1nc(C2CC2)cc1Cc1nc(OC=O)nc2[nH]c3cc(-c4c(C)noc4C)c(OC)cc3c12.CCn1nc(C2CC2)cc1Nc1nc(C(=O)NCCCOCCOCCOCCCNC(=O)CNc2cccc3c2C(=O)N(C2CCC(=O)NC2=O)C3=O)nc2[nH]c3cc(-c4c(C)noc4C)c(C)cc3c12.NCCCOCCOCCOCCCNC(=O)CNc1cccc2c1C(=O)N(C1CCC(=O)NC1=O)C2=O.[2H]CF. The number of aryl methyl sites for hydroxylation is 7. The standard InChI is InChI=1S/C50H58N12O10.C26H26N6O4.C25H35N5O8.CH3F/c1-5-61-38(25-35(59-61)30-11-12-30)55-45-43-33-23-27(2)32(41-28(3)60-72-29(41)4)24-36(33)54-44(43)57-46(58-45)48(66)52-16-8-18-70-20-22-71-21-19-69-17-7-15-51-40(64)26-53-34-10-6-9-31-42(34)50(68)62(49(31)67)37-13-14-39(63)56-47(37)65;1-5-32-16(8-19(30-32)15-6-7-15)9-21-24-17-11-22(34-4)18(23-13(2)31-36-14(23)3)10-20(17)27-25(24)29-26(28-21)35-12-33;26-8-2-10-36-12-14-38-15-13-37-11-3-9-27-21(32)16-28-18-5-1-4-17-22(18)25(35)30(24(17)34)19-6-7-20(31)29-23(19)33;1-2/h6,9-10,23-25,30,37,53H,5,7-8,11-22,26H2,1-4H3,(H,51,64)(H,52,66)(H,56,63,65)(H2,54,55,57,58);8,10-12,15H,5-7,9H2,1-4H3,(H,27,28,29);1,4-5,19,28H,2-3,6-16,26H2,(H,27,32)(H,29,31,33);1H3/i;;;1D. The van der Waals surface area contributed by atoms with Gasteiger partial charge in [-0.3, -0.25) is 87.0 Å². The highest BCUT2D eigenvalue weighted by Gasteiger charge is 2.48. The Morgan fingerprint density at radius 3 is 1.49 bits per heavy atom. The number of fused-ring (bicyclic) bond motifs is 8. The molecule has 45 nitrogen and oxygen atoms in total. The third-order valence-electron chi connectivity index (χ3n) is 25.6. The van der Waals surface area contributed by atoms with Crippen LogP contribution in [0.1, 0.15) is 207 Å². The highest BCUT2D eigenvalue weighted by molar-refractivity contribution is 6.27. The number of nitrogens with two attached hydrogens (primary N) is 1. The summed E-state index contributed by atoms with van der Waals surface area (Å²) in [5.74, 6) is -1.34. The van der Waals surface area contributed by atoms with E-state index in [9.17, 15) is 61.9 Å². The monoisotopic (exact) mass is 2040 g/mol. The number of H-pyrrole nitrogens is 2. The van der Waals surface area contributed by atoms with E-state index in [4.69, 9.17) is 74.2 Å². The largest absolute Gasteiger partial charge is 0.496 e. The molecule has 8 aromatic heterocycles. The van der Waals surface area contributed by atoms with Crippen LogP contribution in [0, 0.1) is 34.6 Å². The van der Waals surface area contributed by atoms with Gasteiger partial charge in [-0.1, -0.05) is 22.4 Å². The Labute approximate surface area is 850 Å². The minimum absolute atomic E-state index is 0.00180. The lowest BCUT2D eigenvalue weighted by Gasteiger charge is -2.27. The second-order valence-corrected chi connectivity index (χ2v) is 35.9. The summed E-state index contributed by atoms with van der Waals surface area (Å²) < 4.78 is 74.3. The van der Waals surface area contributed by atoms with Gasteiger partial charge in [0.1, 0.15) is 52.3 Å². The Bertz CT molecular complexity index is 6900. The fourth-order valence-corrected chi connectivity index (χ4v) is 18.1. The molecule has 2 aliphatic carbocycles. The molecule has 6 aliphatic rings. The maximum atomic E-state index is 13.6. The first kappa shape index (κ1) is 106. The number of carbonyl (C=O) groups excluding carboxylic acids is 12. The molecule has 0 spiro atoms. The lowest BCUT2D eigenvalue weighted by Crippen LogP contribution is -2.54. The van der Waals surface area contributed by atoms with Crippen LogP contribution in [-0.4, -0.2) is 286 Å². The van der Waals surface area contributed by atoms with Crippen molar-refractivity contribution in [1.29, 1.82) is 0 Å². The molecule has 4 aliphatic heterocycles. The Morgan fingerprint density at radius 1 is 0.541 bits per heavy atom. The number of nitrogens with one attached hydrogen (secondary N) is 10. The smallest absolute Gasteiger partial charge is 0.326 e. The summed E-state index contributed by atoms with van der Waals surface area (Å²) in [6.45, 7) is 22.3. The number of benzene rings is 4. The first-order chi connectivity index (χ1) is 72.2. The molecule has 2 saturated heterocycles. The number of aromatic amines is 2. The zero-order valence-electron chi connectivity index (χ0n) is 84.7. The lowest BCUT2D eigenvalue weighted by atomic mass is 9.97. The van der Waals surface area contributed by atoms with Gasteiger partial charge in [0.2, 0.25) is 41.3 Å². The maximum Gasteiger partial charge on any atom is 0.326 e. The van der Waals surface area contributed by atoms with Crippen molar-refractivity contribution >= 4 is 138 Å². The molecule has 2 unspecified atom stereocenters. The van der Waals surface area contributed by atoms with Crippen LogP contribution in [-0.2, 0) is 81.5 Å². The van der Waals surface area contributed by atoms with E-state index in [1.165, 1.54) is 25.0 Å². The lowest BCUT2D eigenvalue weighted by molar-refractivity contribution is -0.137. The number of piperidine rings is 2. The topological polar surface area (TPSA) is 578 Å². The van der Waals surface area contributed by atoms with Gasteiger partial charge < -0.3 is 94.5 Å². The maximum absolute atomic E-state index is 13.6. The van der Waals surface area contributed by atoms with E-state index in [1.54, 1.807) is 31.4 Å². The number of rotatable bonds is 49. The quantitative estimate of drug-likeness (QED) is 0.00960. The van der Waals surface area contributed by atoms with Crippen molar-refractivity contribution in [2.75, 3.05) is 149 Å². The van der Waals surface area contributed by atoms with Gasteiger partial charge in [-0.05, 0) is 185 Å². The van der Waals surface area contributed by atoms with Gasteiger partial charge in [-0.15, -0.1) is 0 Å². The second kappa shape index (κ2) is 50.2. The van der Waals surface area contributed by atoms with Crippen molar-refractivity contribution in [2.24, 2.45) is 5.73 Å². The molecule has 4 aromatic carbocycles. The molecule has 0 bridgehead atoms. The summed E-state index contributed by atoms with van der Waals surface area (Å²) in [5, 5.41) is 43.5. The molecule has 2 atom stereocenters. The number of anilines is 4. The minimum atomic E-state index is -1.08. The van der Waals surface area contributed by atoms with Crippen LogP contribution in [0.15, 0.2) is 81.8 Å². The summed E-state index contributed by atoms with van der Waals surface area (Å²) in [5.41, 5.74) is 19.5. The van der Waals surface area contributed by atoms with Crippen molar-refractivity contribution in [3.8, 4) is 34.0 Å². The Kier molecular flexibility index (Phi) is 35.8. The molecule has 18 rings (SSSR count).